The zero-order valence-electron chi connectivity index (χ0n) is 14.2. The average molecular weight is 345 g/mol. The fourth-order valence-electron chi connectivity index (χ4n) is 3.02. The van der Waals surface area contributed by atoms with E-state index in [-0.39, 0.29) is 18.0 Å². The maximum atomic E-state index is 12.1. The predicted molar refractivity (Wildman–Crippen MR) is 99.9 cm³/mol. The van der Waals surface area contributed by atoms with Crippen LogP contribution in [0.15, 0.2) is 65.8 Å². The highest BCUT2D eigenvalue weighted by atomic mass is 16.1. The Kier molecular flexibility index (Phi) is 5.89. The summed E-state index contributed by atoms with van der Waals surface area (Å²) in [5, 5.41) is 6.72. The molecule has 2 aromatic rings. The molecule has 0 radical (unpaired) electrons. The van der Waals surface area contributed by atoms with Gasteiger partial charge in [-0.2, -0.15) is 0 Å². The second-order valence-corrected chi connectivity index (χ2v) is 6.15. The monoisotopic (exact) mass is 345 g/mol. The second-order valence-electron chi connectivity index (χ2n) is 6.15. The fraction of sp³-hybridized carbons (Fsp3) is 0.250. The van der Waals surface area contributed by atoms with Gasteiger partial charge in [0.1, 0.15) is 0 Å². The molecule has 0 bridgehead atoms. The highest BCUT2D eigenvalue weighted by Crippen LogP contribution is 2.17. The van der Waals surface area contributed by atoms with Crippen LogP contribution in [-0.2, 0) is 11.3 Å². The first-order chi connectivity index (χ1) is 12.7. The van der Waals surface area contributed by atoms with Crippen molar-refractivity contribution in [2.24, 2.45) is 5.11 Å². The van der Waals surface area contributed by atoms with Crippen LogP contribution in [0.4, 0.5) is 0 Å². The van der Waals surface area contributed by atoms with E-state index >= 15 is 0 Å². The standard InChI is InChI=1S/C20H19N5O/c21-24-23-19-15-25(13-17-9-5-2-6-10-17)14-18(19)22-20(26)12-11-16-7-3-1-4-8-16/h1-10,18-19H,13-15H2,(H,22,26)/t18-,19+/m0/s1. The zero-order valence-corrected chi connectivity index (χ0v) is 14.2. The van der Waals surface area contributed by atoms with E-state index in [4.69, 9.17) is 5.53 Å². The second kappa shape index (κ2) is 8.72. The number of benzene rings is 2. The highest BCUT2D eigenvalue weighted by Gasteiger charge is 2.32. The van der Waals surface area contributed by atoms with E-state index in [1.165, 1.54) is 5.56 Å². The lowest BCUT2D eigenvalue weighted by Crippen LogP contribution is -2.41. The van der Waals surface area contributed by atoms with Gasteiger partial charge in [0.2, 0.25) is 0 Å². The molecule has 1 N–H and O–H groups in total. The van der Waals surface area contributed by atoms with Gasteiger partial charge in [-0.15, -0.1) is 0 Å². The van der Waals surface area contributed by atoms with Crippen molar-refractivity contribution >= 4 is 5.91 Å². The third-order valence-electron chi connectivity index (χ3n) is 4.22. The lowest BCUT2D eigenvalue weighted by molar-refractivity contribution is -0.116. The summed E-state index contributed by atoms with van der Waals surface area (Å²) in [5.41, 5.74) is 10.8. The van der Waals surface area contributed by atoms with Gasteiger partial charge in [0.25, 0.3) is 5.91 Å². The summed E-state index contributed by atoms with van der Waals surface area (Å²) in [5.74, 6) is 5.07. The van der Waals surface area contributed by atoms with E-state index in [0.717, 1.165) is 12.1 Å². The predicted octanol–water partition coefficient (Wildman–Crippen LogP) is 2.72. The summed E-state index contributed by atoms with van der Waals surface area (Å²) >= 11 is 0. The largest absolute Gasteiger partial charge is 0.341 e. The number of carbonyl (C=O) groups excluding carboxylic acids is 1. The molecular formula is C20H19N5O. The van der Waals surface area contributed by atoms with E-state index < -0.39 is 0 Å². The van der Waals surface area contributed by atoms with Crippen molar-refractivity contribution in [2.45, 2.75) is 18.6 Å². The molecule has 2 aromatic carbocycles. The SMILES string of the molecule is [N-]=[N+]=N[C@@H]1CN(Cc2ccccc2)C[C@@H]1NC(=O)C#Cc1ccccc1. The van der Waals surface area contributed by atoms with Crippen LogP contribution in [0.5, 0.6) is 0 Å². The van der Waals surface area contributed by atoms with Crippen molar-refractivity contribution in [3.8, 4) is 11.8 Å². The van der Waals surface area contributed by atoms with Gasteiger partial charge in [-0.3, -0.25) is 9.69 Å². The third-order valence-corrected chi connectivity index (χ3v) is 4.22. The van der Waals surface area contributed by atoms with Crippen molar-refractivity contribution in [2.75, 3.05) is 13.1 Å². The molecular weight excluding hydrogens is 326 g/mol. The van der Waals surface area contributed by atoms with Gasteiger partial charge >= 0.3 is 0 Å². The summed E-state index contributed by atoms with van der Waals surface area (Å²) in [6, 6.07) is 18.9. The summed E-state index contributed by atoms with van der Waals surface area (Å²) in [7, 11) is 0. The summed E-state index contributed by atoms with van der Waals surface area (Å²) in [6.45, 7) is 1.98. The fourth-order valence-corrected chi connectivity index (χ4v) is 3.02. The molecule has 1 aliphatic heterocycles. The van der Waals surface area contributed by atoms with Crippen molar-refractivity contribution in [1.29, 1.82) is 0 Å². The van der Waals surface area contributed by atoms with Gasteiger partial charge in [0, 0.05) is 36.0 Å². The van der Waals surface area contributed by atoms with E-state index in [2.05, 4.69) is 44.2 Å². The minimum Gasteiger partial charge on any atom is -0.341 e. The van der Waals surface area contributed by atoms with Gasteiger partial charge in [-0.1, -0.05) is 59.6 Å². The maximum absolute atomic E-state index is 12.1. The van der Waals surface area contributed by atoms with E-state index in [9.17, 15) is 4.79 Å². The molecule has 0 spiro atoms. The van der Waals surface area contributed by atoms with Crippen LogP contribution in [0.2, 0.25) is 0 Å². The van der Waals surface area contributed by atoms with Gasteiger partial charge < -0.3 is 5.32 Å². The van der Waals surface area contributed by atoms with Crippen LogP contribution in [0.3, 0.4) is 0 Å². The van der Waals surface area contributed by atoms with Crippen LogP contribution in [0.25, 0.3) is 10.4 Å². The molecule has 1 aliphatic rings. The quantitative estimate of drug-likeness (QED) is 0.400. The molecule has 6 heteroatoms. The van der Waals surface area contributed by atoms with Gasteiger partial charge in [0.05, 0.1) is 12.1 Å². The first-order valence-electron chi connectivity index (χ1n) is 8.42. The molecule has 0 aliphatic carbocycles. The van der Waals surface area contributed by atoms with E-state index in [1.54, 1.807) is 0 Å². The number of carbonyl (C=O) groups is 1. The Labute approximate surface area is 152 Å². The molecule has 1 heterocycles. The first kappa shape index (κ1) is 17.6. The molecule has 26 heavy (non-hydrogen) atoms. The normalized spacial score (nSPS) is 19.1. The Hall–Kier alpha value is -3.26. The number of azide groups is 1. The number of hydrogen-bond acceptors (Lipinski definition) is 3. The summed E-state index contributed by atoms with van der Waals surface area (Å²) in [4.78, 5) is 17.2. The highest BCUT2D eigenvalue weighted by molar-refractivity contribution is 5.94. The topological polar surface area (TPSA) is 81.1 Å². The molecule has 130 valence electrons. The smallest absolute Gasteiger partial charge is 0.296 e. The summed E-state index contributed by atoms with van der Waals surface area (Å²) < 4.78 is 0. The molecule has 0 aromatic heterocycles. The van der Waals surface area contributed by atoms with Gasteiger partial charge in [-0.25, -0.2) is 0 Å². The molecule has 0 saturated carbocycles. The molecule has 6 nitrogen and oxygen atoms in total. The van der Waals surface area contributed by atoms with Crippen molar-refractivity contribution in [3.05, 3.63) is 82.2 Å². The molecule has 1 saturated heterocycles. The maximum Gasteiger partial charge on any atom is 0.296 e. The molecule has 2 atom stereocenters. The van der Waals surface area contributed by atoms with Crippen LogP contribution in [-0.4, -0.2) is 36.0 Å². The minimum absolute atomic E-state index is 0.243. The van der Waals surface area contributed by atoms with Crippen LogP contribution < -0.4 is 5.32 Å². The molecule has 1 amide bonds. The van der Waals surface area contributed by atoms with Gasteiger partial charge in [0.15, 0.2) is 0 Å². The lowest BCUT2D eigenvalue weighted by Gasteiger charge is -2.16. The van der Waals surface area contributed by atoms with Crippen LogP contribution >= 0.6 is 0 Å². The van der Waals surface area contributed by atoms with Crippen molar-refractivity contribution in [3.63, 3.8) is 0 Å². The Morgan fingerprint density at radius 1 is 1.15 bits per heavy atom. The first-order valence-corrected chi connectivity index (χ1v) is 8.42. The molecule has 1 fully saturated rings. The van der Waals surface area contributed by atoms with E-state index in [0.29, 0.717) is 13.1 Å². The molecule has 0 unspecified atom stereocenters. The molecule has 3 rings (SSSR count). The minimum atomic E-state index is -0.362. The van der Waals surface area contributed by atoms with Crippen molar-refractivity contribution < 1.29 is 4.79 Å². The number of likely N-dealkylation sites (tertiary alicyclic amines) is 1. The third kappa shape index (κ3) is 4.87. The van der Waals surface area contributed by atoms with Crippen molar-refractivity contribution in [1.82, 2.24) is 10.2 Å². The number of rotatable bonds is 4. The Balaban J connectivity index is 1.63. The van der Waals surface area contributed by atoms with Crippen LogP contribution in [0, 0.1) is 11.8 Å². The van der Waals surface area contributed by atoms with Crippen LogP contribution in [0.1, 0.15) is 11.1 Å². The number of amides is 1. The number of nitrogens with one attached hydrogen (secondary N) is 1. The summed E-state index contributed by atoms with van der Waals surface area (Å²) in [6.07, 6.45) is 0. The number of hydrogen-bond donors (Lipinski definition) is 1. The lowest BCUT2D eigenvalue weighted by atomic mass is 10.2. The average Bonchev–Trinajstić information content (AvgIpc) is 3.03. The Bertz CT molecular complexity index is 850. The number of nitrogens with zero attached hydrogens (tertiary/aromatic N) is 4. The van der Waals surface area contributed by atoms with Gasteiger partial charge in [-0.05, 0) is 23.2 Å². The Morgan fingerprint density at radius 3 is 2.54 bits per heavy atom. The zero-order chi connectivity index (χ0) is 18.2. The Morgan fingerprint density at radius 2 is 1.85 bits per heavy atom. The van der Waals surface area contributed by atoms with E-state index in [1.807, 2.05) is 48.5 Å².